The molecule has 0 radical (unpaired) electrons. The number of aromatic carboxylic acids is 1. The zero-order chi connectivity index (χ0) is 14.0. The van der Waals surface area contributed by atoms with Crippen LogP contribution < -0.4 is 4.90 Å². The van der Waals surface area contributed by atoms with E-state index in [0.29, 0.717) is 23.0 Å². The fourth-order valence-electron chi connectivity index (χ4n) is 2.24. The molecule has 0 aliphatic heterocycles. The van der Waals surface area contributed by atoms with Gasteiger partial charge < -0.3 is 10.0 Å². The minimum absolute atomic E-state index is 0.307. The molecule has 1 N–H and O–H groups in total. The fourth-order valence-corrected chi connectivity index (χ4v) is 2.24. The van der Waals surface area contributed by atoms with Crippen molar-refractivity contribution in [3.63, 3.8) is 0 Å². The Labute approximate surface area is 113 Å². The zero-order valence-electron chi connectivity index (χ0n) is 11.8. The van der Waals surface area contributed by atoms with E-state index in [1.54, 1.807) is 13.8 Å². The van der Waals surface area contributed by atoms with Gasteiger partial charge in [0, 0.05) is 13.1 Å². The highest BCUT2D eigenvalue weighted by Crippen LogP contribution is 2.32. The summed E-state index contributed by atoms with van der Waals surface area (Å²) in [7, 11) is 0. The number of carboxylic acids is 1. The molecule has 0 unspecified atom stereocenters. The molecule has 1 aliphatic rings. The van der Waals surface area contributed by atoms with Crippen molar-refractivity contribution in [1.82, 2.24) is 10.2 Å². The second kappa shape index (κ2) is 5.55. The topological polar surface area (TPSA) is 66.3 Å². The van der Waals surface area contributed by atoms with Crippen molar-refractivity contribution < 1.29 is 9.90 Å². The van der Waals surface area contributed by atoms with E-state index in [2.05, 4.69) is 22.0 Å². The summed E-state index contributed by atoms with van der Waals surface area (Å²) in [5.41, 5.74) is 1.71. The van der Waals surface area contributed by atoms with Gasteiger partial charge in [-0.25, -0.2) is 4.79 Å². The van der Waals surface area contributed by atoms with Crippen LogP contribution in [0.3, 0.4) is 0 Å². The zero-order valence-corrected chi connectivity index (χ0v) is 11.8. The number of aryl methyl sites for hydroxylation is 1. The first-order valence-corrected chi connectivity index (χ1v) is 6.86. The number of carboxylic acid groups (broad SMARTS) is 1. The lowest BCUT2D eigenvalue weighted by molar-refractivity contribution is 0.0696. The highest BCUT2D eigenvalue weighted by molar-refractivity contribution is 5.95. The number of rotatable bonds is 6. The number of anilines is 1. The molecule has 19 heavy (non-hydrogen) atoms. The average molecular weight is 263 g/mol. The van der Waals surface area contributed by atoms with Crippen molar-refractivity contribution in [2.24, 2.45) is 5.92 Å². The normalized spacial score (nSPS) is 14.5. The number of aromatic nitrogens is 2. The maximum atomic E-state index is 11.5. The van der Waals surface area contributed by atoms with Crippen molar-refractivity contribution in [2.45, 2.75) is 40.0 Å². The van der Waals surface area contributed by atoms with Crippen molar-refractivity contribution in [3.05, 3.63) is 16.8 Å². The Bertz CT molecular complexity index is 484. The highest BCUT2D eigenvalue weighted by atomic mass is 16.4. The van der Waals surface area contributed by atoms with Crippen molar-refractivity contribution in [2.75, 3.05) is 18.0 Å². The van der Waals surface area contributed by atoms with Gasteiger partial charge in [0.25, 0.3) is 0 Å². The summed E-state index contributed by atoms with van der Waals surface area (Å²) >= 11 is 0. The van der Waals surface area contributed by atoms with Gasteiger partial charge in [-0.15, -0.1) is 5.10 Å². The van der Waals surface area contributed by atoms with Crippen LogP contribution in [0.15, 0.2) is 0 Å². The van der Waals surface area contributed by atoms with E-state index < -0.39 is 5.97 Å². The molecule has 2 rings (SSSR count). The lowest BCUT2D eigenvalue weighted by Crippen LogP contribution is -2.30. The van der Waals surface area contributed by atoms with Gasteiger partial charge in [-0.2, -0.15) is 5.10 Å². The van der Waals surface area contributed by atoms with E-state index in [-0.39, 0.29) is 0 Å². The Kier molecular flexibility index (Phi) is 4.02. The first-order valence-electron chi connectivity index (χ1n) is 6.86. The molecule has 0 amide bonds. The second-order valence-corrected chi connectivity index (χ2v) is 5.30. The van der Waals surface area contributed by atoms with Crippen LogP contribution in [0.25, 0.3) is 0 Å². The summed E-state index contributed by atoms with van der Waals surface area (Å²) < 4.78 is 0. The fraction of sp³-hybridized carbons (Fsp3) is 0.643. The van der Waals surface area contributed by atoms with Crippen molar-refractivity contribution >= 4 is 11.8 Å². The molecular formula is C14H21N3O2. The molecular weight excluding hydrogens is 242 g/mol. The SMILES string of the molecule is CCCN(CC1CC1)c1nnc(C)c(C)c1C(=O)O. The molecule has 1 saturated carbocycles. The minimum atomic E-state index is -0.914. The van der Waals surface area contributed by atoms with Gasteiger partial charge in [0.05, 0.1) is 5.69 Å². The van der Waals surface area contributed by atoms with Crippen molar-refractivity contribution in [3.8, 4) is 0 Å². The van der Waals surface area contributed by atoms with Crippen LogP contribution in [0, 0.1) is 19.8 Å². The Morgan fingerprint density at radius 1 is 1.37 bits per heavy atom. The first-order chi connectivity index (χ1) is 9.04. The molecule has 0 saturated heterocycles. The van der Waals surface area contributed by atoms with E-state index in [1.165, 1.54) is 12.8 Å². The monoisotopic (exact) mass is 263 g/mol. The van der Waals surface area contributed by atoms with Crippen LogP contribution in [0.2, 0.25) is 0 Å². The third-order valence-corrected chi connectivity index (χ3v) is 3.62. The van der Waals surface area contributed by atoms with Crippen molar-refractivity contribution in [1.29, 1.82) is 0 Å². The molecule has 104 valence electrons. The van der Waals surface area contributed by atoms with Crippen LogP contribution in [0.4, 0.5) is 5.82 Å². The summed E-state index contributed by atoms with van der Waals surface area (Å²) in [5.74, 6) is 0.309. The predicted octanol–water partition coefficient (Wildman–Crippen LogP) is 2.42. The molecule has 1 heterocycles. The summed E-state index contributed by atoms with van der Waals surface area (Å²) in [6.45, 7) is 7.41. The van der Waals surface area contributed by atoms with E-state index >= 15 is 0 Å². The van der Waals surface area contributed by atoms with Gasteiger partial charge in [-0.05, 0) is 44.6 Å². The third-order valence-electron chi connectivity index (χ3n) is 3.62. The minimum Gasteiger partial charge on any atom is -0.478 e. The quantitative estimate of drug-likeness (QED) is 0.853. The molecule has 5 heteroatoms. The summed E-state index contributed by atoms with van der Waals surface area (Å²) in [5, 5.41) is 17.7. The van der Waals surface area contributed by atoms with Gasteiger partial charge in [-0.3, -0.25) is 0 Å². The smallest absolute Gasteiger partial charge is 0.339 e. The largest absolute Gasteiger partial charge is 0.478 e. The van der Waals surface area contributed by atoms with E-state index in [1.807, 2.05) is 0 Å². The molecule has 0 bridgehead atoms. The standard InChI is InChI=1S/C14H21N3O2/c1-4-7-17(8-11-5-6-11)13-12(14(18)19)9(2)10(3)15-16-13/h11H,4-8H2,1-3H3,(H,18,19). The number of hydrogen-bond acceptors (Lipinski definition) is 4. The second-order valence-electron chi connectivity index (χ2n) is 5.30. The van der Waals surface area contributed by atoms with Gasteiger partial charge >= 0.3 is 5.97 Å². The molecule has 0 atom stereocenters. The Hall–Kier alpha value is -1.65. The Morgan fingerprint density at radius 2 is 2.05 bits per heavy atom. The van der Waals surface area contributed by atoms with Crippen LogP contribution in [0.1, 0.15) is 47.8 Å². The molecule has 1 aromatic rings. The average Bonchev–Trinajstić information content (AvgIpc) is 3.15. The summed E-state index contributed by atoms with van der Waals surface area (Å²) in [6, 6.07) is 0. The predicted molar refractivity (Wildman–Crippen MR) is 73.7 cm³/mol. The summed E-state index contributed by atoms with van der Waals surface area (Å²) in [4.78, 5) is 13.6. The Balaban J connectivity index is 2.39. The van der Waals surface area contributed by atoms with Crippen LogP contribution in [-0.4, -0.2) is 34.4 Å². The van der Waals surface area contributed by atoms with Crippen LogP contribution in [-0.2, 0) is 0 Å². The Morgan fingerprint density at radius 3 is 2.58 bits per heavy atom. The lowest BCUT2D eigenvalue weighted by atomic mass is 10.1. The number of hydrogen-bond donors (Lipinski definition) is 1. The van der Waals surface area contributed by atoms with E-state index in [0.717, 1.165) is 25.1 Å². The maximum Gasteiger partial charge on any atom is 0.339 e. The van der Waals surface area contributed by atoms with Gasteiger partial charge in [0.1, 0.15) is 5.56 Å². The maximum absolute atomic E-state index is 11.5. The molecule has 1 aliphatic carbocycles. The number of nitrogens with zero attached hydrogens (tertiary/aromatic N) is 3. The van der Waals surface area contributed by atoms with Crippen LogP contribution in [0.5, 0.6) is 0 Å². The van der Waals surface area contributed by atoms with E-state index in [4.69, 9.17) is 0 Å². The molecule has 1 aromatic heterocycles. The molecule has 0 spiro atoms. The number of carbonyl (C=O) groups is 1. The van der Waals surface area contributed by atoms with Gasteiger partial charge in [0.15, 0.2) is 5.82 Å². The first kappa shape index (κ1) is 13.8. The molecule has 1 fully saturated rings. The molecule has 0 aromatic carbocycles. The van der Waals surface area contributed by atoms with Gasteiger partial charge in [0.2, 0.25) is 0 Å². The molecule has 5 nitrogen and oxygen atoms in total. The van der Waals surface area contributed by atoms with Gasteiger partial charge in [-0.1, -0.05) is 6.92 Å². The van der Waals surface area contributed by atoms with Crippen LogP contribution >= 0.6 is 0 Å². The van der Waals surface area contributed by atoms with E-state index in [9.17, 15) is 9.90 Å². The highest BCUT2D eigenvalue weighted by Gasteiger charge is 2.28. The lowest BCUT2D eigenvalue weighted by Gasteiger charge is -2.25. The summed E-state index contributed by atoms with van der Waals surface area (Å²) in [6.07, 6.45) is 3.45. The third kappa shape index (κ3) is 3.03.